The minimum atomic E-state index is -3.29. The fourth-order valence-corrected chi connectivity index (χ4v) is 3.13. The van der Waals surface area contributed by atoms with Crippen molar-refractivity contribution < 1.29 is 8.42 Å². The lowest BCUT2D eigenvalue weighted by Crippen LogP contribution is -2.20. The zero-order valence-electron chi connectivity index (χ0n) is 6.53. The number of hydrogen-bond donors (Lipinski definition) is 1. The third kappa shape index (κ3) is 2.14. The molecular formula is C6H7ClN2O2S2. The maximum Gasteiger partial charge on any atom is 0.302 e. The Bertz CT molecular complexity index is 410. The van der Waals surface area contributed by atoms with E-state index in [1.165, 1.54) is 15.6 Å². The molecule has 0 aliphatic carbocycles. The Morgan fingerprint density at radius 2 is 2.15 bits per heavy atom. The zero-order chi connectivity index (χ0) is 9.47. The van der Waals surface area contributed by atoms with Crippen LogP contribution in [0.3, 0.4) is 0 Å². The summed E-state index contributed by atoms with van der Waals surface area (Å²) in [5, 5.41) is 0.553. The summed E-state index contributed by atoms with van der Waals surface area (Å²) in [5.74, 6) is 0. The van der Waals surface area contributed by atoms with Gasteiger partial charge in [-0.15, -0.1) is 11.3 Å². The van der Waals surface area contributed by atoms with Crippen molar-refractivity contribution in [1.82, 2.24) is 4.31 Å². The van der Waals surface area contributed by atoms with Crippen LogP contribution in [0.1, 0.15) is 0 Å². The van der Waals surface area contributed by atoms with Gasteiger partial charge in [0.25, 0.3) is 0 Å². The fourth-order valence-electron chi connectivity index (χ4n) is 0.842. The fraction of sp³-hybridized carbons (Fsp3) is 0.333. The highest BCUT2D eigenvalue weighted by molar-refractivity contribution is 7.90. The predicted molar refractivity (Wildman–Crippen MR) is 53.4 cm³/mol. The van der Waals surface area contributed by atoms with Crippen molar-refractivity contribution in [2.24, 2.45) is 0 Å². The molecule has 1 saturated heterocycles. The number of rotatable bonds is 3. The molecule has 0 spiro atoms. The molecule has 1 N–H and O–H groups in total. The molecule has 0 saturated carbocycles. The SMILES string of the molecule is O=S(=O)(Nc1ccc(Cl)s1)N1CC1. The van der Waals surface area contributed by atoms with Crippen LogP contribution in [0.25, 0.3) is 0 Å². The Labute approximate surface area is 85.3 Å². The van der Waals surface area contributed by atoms with Crippen LogP contribution in [-0.2, 0) is 10.2 Å². The summed E-state index contributed by atoms with van der Waals surface area (Å²) >= 11 is 6.86. The van der Waals surface area contributed by atoms with Crippen molar-refractivity contribution >= 4 is 38.1 Å². The minimum absolute atomic E-state index is 0.553. The molecule has 0 aromatic carbocycles. The van der Waals surface area contributed by atoms with Gasteiger partial charge in [-0.05, 0) is 12.1 Å². The van der Waals surface area contributed by atoms with Crippen molar-refractivity contribution in [1.29, 1.82) is 0 Å². The van der Waals surface area contributed by atoms with Gasteiger partial charge in [0.1, 0.15) is 5.00 Å². The molecule has 1 aliphatic rings. The second-order valence-corrected chi connectivity index (χ2v) is 6.00. The molecule has 0 bridgehead atoms. The molecule has 2 heterocycles. The van der Waals surface area contributed by atoms with Crippen LogP contribution in [0.2, 0.25) is 4.34 Å². The van der Waals surface area contributed by atoms with Crippen LogP contribution in [-0.4, -0.2) is 25.8 Å². The lowest BCUT2D eigenvalue weighted by Gasteiger charge is -2.03. The van der Waals surface area contributed by atoms with Gasteiger partial charge in [-0.25, -0.2) is 0 Å². The normalized spacial score (nSPS) is 17.3. The Kier molecular flexibility index (Phi) is 2.23. The van der Waals surface area contributed by atoms with E-state index in [0.29, 0.717) is 22.4 Å². The highest BCUT2D eigenvalue weighted by atomic mass is 35.5. The van der Waals surface area contributed by atoms with E-state index in [-0.39, 0.29) is 0 Å². The molecule has 1 aromatic heterocycles. The van der Waals surface area contributed by atoms with Crippen LogP contribution in [0.15, 0.2) is 12.1 Å². The number of anilines is 1. The molecule has 7 heteroatoms. The maximum atomic E-state index is 11.3. The van der Waals surface area contributed by atoms with E-state index in [4.69, 9.17) is 11.6 Å². The third-order valence-corrected chi connectivity index (χ3v) is 4.35. The van der Waals surface area contributed by atoms with E-state index in [1.807, 2.05) is 0 Å². The van der Waals surface area contributed by atoms with Gasteiger partial charge in [-0.3, -0.25) is 4.72 Å². The molecular weight excluding hydrogens is 232 g/mol. The zero-order valence-corrected chi connectivity index (χ0v) is 8.92. The quantitative estimate of drug-likeness (QED) is 0.809. The Morgan fingerprint density at radius 1 is 1.46 bits per heavy atom. The number of thiophene rings is 1. The molecule has 1 aromatic rings. The number of nitrogens with zero attached hydrogens (tertiary/aromatic N) is 1. The molecule has 13 heavy (non-hydrogen) atoms. The Morgan fingerprint density at radius 3 is 2.62 bits per heavy atom. The van der Waals surface area contributed by atoms with E-state index >= 15 is 0 Å². The first-order valence-corrected chi connectivity index (χ1v) is 6.24. The Balaban J connectivity index is 2.13. The summed E-state index contributed by atoms with van der Waals surface area (Å²) < 4.78 is 27.1. The largest absolute Gasteiger partial charge is 0.302 e. The summed E-state index contributed by atoms with van der Waals surface area (Å²) in [6.07, 6.45) is 0. The molecule has 72 valence electrons. The van der Waals surface area contributed by atoms with Crippen molar-refractivity contribution in [3.05, 3.63) is 16.5 Å². The van der Waals surface area contributed by atoms with E-state index in [2.05, 4.69) is 4.72 Å². The first-order chi connectivity index (χ1) is 6.08. The number of nitrogens with one attached hydrogen (secondary N) is 1. The van der Waals surface area contributed by atoms with E-state index in [1.54, 1.807) is 12.1 Å². The van der Waals surface area contributed by atoms with E-state index in [9.17, 15) is 8.42 Å². The molecule has 1 aliphatic heterocycles. The second-order valence-electron chi connectivity index (χ2n) is 2.61. The lowest BCUT2D eigenvalue weighted by molar-refractivity contribution is 0.569. The topological polar surface area (TPSA) is 49.2 Å². The smallest absolute Gasteiger partial charge is 0.262 e. The average Bonchev–Trinajstić information content (AvgIpc) is 2.78. The van der Waals surface area contributed by atoms with Gasteiger partial charge in [0.2, 0.25) is 0 Å². The molecule has 0 unspecified atom stereocenters. The van der Waals surface area contributed by atoms with Crippen LogP contribution in [0, 0.1) is 0 Å². The van der Waals surface area contributed by atoms with E-state index in [0.717, 1.165) is 0 Å². The standard InChI is InChI=1S/C6H7ClN2O2S2/c7-5-1-2-6(12-5)8-13(10,11)9-3-4-9/h1-2,8H,3-4H2. The predicted octanol–water partition coefficient (Wildman–Crippen LogP) is 1.37. The van der Waals surface area contributed by atoms with Gasteiger partial charge >= 0.3 is 10.2 Å². The second kappa shape index (κ2) is 3.13. The minimum Gasteiger partial charge on any atom is -0.262 e. The van der Waals surface area contributed by atoms with Crippen LogP contribution in [0.4, 0.5) is 5.00 Å². The van der Waals surface area contributed by atoms with Gasteiger partial charge in [-0.1, -0.05) is 11.6 Å². The Hall–Kier alpha value is -0.300. The third-order valence-electron chi connectivity index (χ3n) is 1.55. The van der Waals surface area contributed by atoms with Gasteiger partial charge in [0.15, 0.2) is 0 Å². The molecule has 4 nitrogen and oxygen atoms in total. The van der Waals surface area contributed by atoms with Gasteiger partial charge in [-0.2, -0.15) is 12.7 Å². The van der Waals surface area contributed by atoms with E-state index < -0.39 is 10.2 Å². The first-order valence-electron chi connectivity index (χ1n) is 3.61. The van der Waals surface area contributed by atoms with Crippen LogP contribution in [0.5, 0.6) is 0 Å². The number of halogens is 1. The monoisotopic (exact) mass is 238 g/mol. The van der Waals surface area contributed by atoms with Crippen molar-refractivity contribution in [2.75, 3.05) is 17.8 Å². The van der Waals surface area contributed by atoms with Crippen molar-refractivity contribution in [3.63, 3.8) is 0 Å². The van der Waals surface area contributed by atoms with Crippen molar-refractivity contribution in [3.8, 4) is 0 Å². The lowest BCUT2D eigenvalue weighted by atomic mass is 10.6. The summed E-state index contributed by atoms with van der Waals surface area (Å²) in [6, 6.07) is 3.31. The van der Waals surface area contributed by atoms with Gasteiger partial charge < -0.3 is 0 Å². The molecule has 2 rings (SSSR count). The highest BCUT2D eigenvalue weighted by Crippen LogP contribution is 2.28. The van der Waals surface area contributed by atoms with Crippen molar-refractivity contribution in [2.45, 2.75) is 0 Å². The first kappa shape index (κ1) is 9.26. The summed E-state index contributed by atoms with van der Waals surface area (Å²) in [6.45, 7) is 1.21. The highest BCUT2D eigenvalue weighted by Gasteiger charge is 2.31. The van der Waals surface area contributed by atoms with Gasteiger partial charge in [0, 0.05) is 13.1 Å². The summed E-state index contributed by atoms with van der Waals surface area (Å²) in [4.78, 5) is 0. The molecule has 0 radical (unpaired) electrons. The summed E-state index contributed by atoms with van der Waals surface area (Å²) in [7, 11) is -3.29. The number of hydrogen-bond acceptors (Lipinski definition) is 3. The molecule has 0 atom stereocenters. The maximum absolute atomic E-state index is 11.3. The van der Waals surface area contributed by atoms with Crippen LogP contribution >= 0.6 is 22.9 Å². The average molecular weight is 239 g/mol. The molecule has 1 fully saturated rings. The van der Waals surface area contributed by atoms with Crippen LogP contribution < -0.4 is 4.72 Å². The summed E-state index contributed by atoms with van der Waals surface area (Å²) in [5.41, 5.74) is 0. The molecule has 0 amide bonds. The van der Waals surface area contributed by atoms with Gasteiger partial charge in [0.05, 0.1) is 4.34 Å².